The van der Waals surface area contributed by atoms with Gasteiger partial charge in [-0.15, -0.1) is 0 Å². The molecule has 1 saturated heterocycles. The first-order chi connectivity index (χ1) is 8.63. The van der Waals surface area contributed by atoms with Gasteiger partial charge in [0.2, 0.25) is 5.91 Å². The lowest BCUT2D eigenvalue weighted by molar-refractivity contribution is -0.130. The van der Waals surface area contributed by atoms with Crippen molar-refractivity contribution in [3.8, 4) is 0 Å². The molecule has 98 valence electrons. The molecule has 0 saturated carbocycles. The van der Waals surface area contributed by atoms with Crippen molar-refractivity contribution in [3.63, 3.8) is 0 Å². The number of hydrogen-bond donors (Lipinski definition) is 1. The van der Waals surface area contributed by atoms with Crippen LogP contribution >= 0.6 is 11.6 Å². The van der Waals surface area contributed by atoms with Gasteiger partial charge in [0.15, 0.2) is 11.0 Å². The van der Waals surface area contributed by atoms with E-state index in [0.29, 0.717) is 13.2 Å². The molecule has 1 unspecified atom stereocenters. The molecule has 2 heterocycles. The Kier molecular flexibility index (Phi) is 3.88. The number of carbonyl (C=O) groups excluding carboxylic acids is 2. The van der Waals surface area contributed by atoms with Crippen molar-refractivity contribution >= 4 is 23.4 Å². The van der Waals surface area contributed by atoms with Crippen molar-refractivity contribution in [2.45, 2.75) is 6.04 Å². The van der Waals surface area contributed by atoms with Gasteiger partial charge in [0.05, 0.1) is 13.2 Å². The van der Waals surface area contributed by atoms with E-state index in [1.165, 1.54) is 24.1 Å². The van der Waals surface area contributed by atoms with Crippen molar-refractivity contribution < 1.29 is 18.7 Å². The summed E-state index contributed by atoms with van der Waals surface area (Å²) in [5.41, 5.74) is 0. The summed E-state index contributed by atoms with van der Waals surface area (Å²) < 4.78 is 10.3. The molecule has 1 N–H and O–H groups in total. The number of nitrogens with zero attached hydrogens (tertiary/aromatic N) is 1. The van der Waals surface area contributed by atoms with Crippen LogP contribution in [0, 0.1) is 0 Å². The minimum atomic E-state index is -0.639. The third-order valence-corrected chi connectivity index (χ3v) is 2.93. The lowest BCUT2D eigenvalue weighted by Crippen LogP contribution is -2.55. The summed E-state index contributed by atoms with van der Waals surface area (Å²) >= 11 is 5.63. The smallest absolute Gasteiger partial charge is 0.290 e. The van der Waals surface area contributed by atoms with Gasteiger partial charge in [-0.1, -0.05) is 0 Å². The van der Waals surface area contributed by atoms with Gasteiger partial charge < -0.3 is 19.4 Å². The molecule has 2 amide bonds. The number of halogens is 1. The van der Waals surface area contributed by atoms with Crippen LogP contribution in [0.5, 0.6) is 0 Å². The van der Waals surface area contributed by atoms with Gasteiger partial charge in [0.25, 0.3) is 5.91 Å². The number of hydrogen-bond acceptors (Lipinski definition) is 4. The van der Waals surface area contributed by atoms with Crippen molar-refractivity contribution in [2.24, 2.45) is 0 Å². The van der Waals surface area contributed by atoms with Gasteiger partial charge in [0.1, 0.15) is 6.04 Å². The molecule has 0 aliphatic carbocycles. The van der Waals surface area contributed by atoms with E-state index in [9.17, 15) is 9.59 Å². The van der Waals surface area contributed by atoms with Crippen molar-refractivity contribution in [1.29, 1.82) is 0 Å². The Morgan fingerprint density at radius 1 is 1.50 bits per heavy atom. The van der Waals surface area contributed by atoms with Gasteiger partial charge >= 0.3 is 0 Å². The van der Waals surface area contributed by atoms with Crippen molar-refractivity contribution in [1.82, 2.24) is 10.2 Å². The fraction of sp³-hybridized carbons (Fsp3) is 0.455. The Hall–Kier alpha value is -1.53. The second kappa shape index (κ2) is 5.41. The molecule has 1 atom stereocenters. The van der Waals surface area contributed by atoms with E-state index < -0.39 is 6.04 Å². The lowest BCUT2D eigenvalue weighted by atomic mass is 10.2. The molecule has 6 nitrogen and oxygen atoms in total. The Bertz CT molecular complexity index is 460. The molecule has 2 rings (SSSR count). The summed E-state index contributed by atoms with van der Waals surface area (Å²) in [4.78, 5) is 25.3. The fourth-order valence-electron chi connectivity index (χ4n) is 1.80. The molecular weight excluding hydrogens is 260 g/mol. The quantitative estimate of drug-likeness (QED) is 0.852. The average molecular weight is 273 g/mol. The molecule has 0 radical (unpaired) electrons. The maximum atomic E-state index is 12.2. The number of furan rings is 1. The maximum absolute atomic E-state index is 12.2. The zero-order valence-corrected chi connectivity index (χ0v) is 10.6. The summed E-state index contributed by atoms with van der Waals surface area (Å²) in [6.07, 6.45) is 0. The van der Waals surface area contributed by atoms with E-state index in [0.717, 1.165) is 0 Å². The van der Waals surface area contributed by atoms with Gasteiger partial charge in [0, 0.05) is 13.6 Å². The van der Waals surface area contributed by atoms with Crippen LogP contribution < -0.4 is 5.32 Å². The zero-order valence-electron chi connectivity index (χ0n) is 9.81. The van der Waals surface area contributed by atoms with E-state index in [1.807, 2.05) is 0 Å². The molecule has 1 aromatic rings. The number of morpholine rings is 1. The van der Waals surface area contributed by atoms with E-state index in [4.69, 9.17) is 20.8 Å². The van der Waals surface area contributed by atoms with E-state index in [1.54, 1.807) is 0 Å². The van der Waals surface area contributed by atoms with E-state index >= 15 is 0 Å². The predicted octanol–water partition coefficient (Wildman–Crippen LogP) is 0.520. The summed E-state index contributed by atoms with van der Waals surface area (Å²) in [6, 6.07) is 2.34. The van der Waals surface area contributed by atoms with Crippen LogP contribution in [0.15, 0.2) is 16.5 Å². The van der Waals surface area contributed by atoms with Crippen LogP contribution in [-0.2, 0) is 9.53 Å². The normalized spacial score (nSPS) is 19.7. The SMILES string of the molecule is CNC(=O)C1COCCN1C(=O)c1ccc(Cl)o1. The Morgan fingerprint density at radius 3 is 2.89 bits per heavy atom. The zero-order chi connectivity index (χ0) is 13.1. The van der Waals surface area contributed by atoms with E-state index in [-0.39, 0.29) is 29.4 Å². The Labute approximate surface area is 109 Å². The standard InChI is InChI=1S/C11H13ClN2O4/c1-13-10(15)7-6-17-5-4-14(7)11(16)8-2-3-9(12)18-8/h2-3,7H,4-6H2,1H3,(H,13,15). The second-order valence-corrected chi connectivity index (χ2v) is 4.18. The highest BCUT2D eigenvalue weighted by Crippen LogP contribution is 2.17. The first-order valence-corrected chi connectivity index (χ1v) is 5.87. The highest BCUT2D eigenvalue weighted by atomic mass is 35.5. The van der Waals surface area contributed by atoms with Crippen molar-refractivity contribution in [2.75, 3.05) is 26.8 Å². The number of ether oxygens (including phenoxy) is 1. The molecule has 1 aliphatic heterocycles. The largest absolute Gasteiger partial charge is 0.440 e. The van der Waals surface area contributed by atoms with Crippen LogP contribution in [0.2, 0.25) is 5.22 Å². The van der Waals surface area contributed by atoms with Gasteiger partial charge in [-0.2, -0.15) is 0 Å². The highest BCUT2D eigenvalue weighted by molar-refractivity contribution is 6.29. The topological polar surface area (TPSA) is 71.8 Å². The van der Waals surface area contributed by atoms with Crippen molar-refractivity contribution in [3.05, 3.63) is 23.1 Å². The Morgan fingerprint density at radius 2 is 2.28 bits per heavy atom. The lowest BCUT2D eigenvalue weighted by Gasteiger charge is -2.33. The molecule has 18 heavy (non-hydrogen) atoms. The number of nitrogens with one attached hydrogen (secondary N) is 1. The average Bonchev–Trinajstić information content (AvgIpc) is 2.83. The minimum absolute atomic E-state index is 0.121. The minimum Gasteiger partial charge on any atom is -0.440 e. The number of amides is 2. The summed E-state index contributed by atoms with van der Waals surface area (Å²) in [7, 11) is 1.52. The first-order valence-electron chi connectivity index (χ1n) is 5.49. The molecule has 1 aromatic heterocycles. The highest BCUT2D eigenvalue weighted by Gasteiger charge is 2.34. The van der Waals surface area contributed by atoms with Crippen LogP contribution in [-0.4, -0.2) is 49.6 Å². The summed E-state index contributed by atoms with van der Waals surface area (Å²) in [5.74, 6) is -0.504. The molecule has 1 aliphatic rings. The van der Waals surface area contributed by atoms with Gasteiger partial charge in [-0.3, -0.25) is 9.59 Å². The molecule has 0 aromatic carbocycles. The molecule has 0 bridgehead atoms. The van der Waals surface area contributed by atoms with E-state index in [2.05, 4.69) is 5.32 Å². The molecule has 0 spiro atoms. The summed E-state index contributed by atoms with van der Waals surface area (Å²) in [5, 5.41) is 2.65. The third-order valence-electron chi connectivity index (χ3n) is 2.72. The van der Waals surface area contributed by atoms with Crippen LogP contribution in [0.3, 0.4) is 0 Å². The number of carbonyl (C=O) groups is 2. The molecule has 7 heteroatoms. The number of rotatable bonds is 2. The van der Waals surface area contributed by atoms with Gasteiger partial charge in [-0.05, 0) is 23.7 Å². The van der Waals surface area contributed by atoms with Crippen LogP contribution in [0.4, 0.5) is 0 Å². The third kappa shape index (κ3) is 2.49. The predicted molar refractivity (Wildman–Crippen MR) is 63.4 cm³/mol. The fourth-order valence-corrected chi connectivity index (χ4v) is 1.95. The van der Waals surface area contributed by atoms with Crippen LogP contribution in [0.25, 0.3) is 0 Å². The number of likely N-dealkylation sites (N-methyl/N-ethyl adjacent to an activating group) is 1. The maximum Gasteiger partial charge on any atom is 0.290 e. The first kappa shape index (κ1) is 12.9. The summed E-state index contributed by atoms with van der Waals surface area (Å²) in [6.45, 7) is 0.919. The second-order valence-electron chi connectivity index (χ2n) is 3.81. The monoisotopic (exact) mass is 272 g/mol. The Balaban J connectivity index is 2.18. The molecular formula is C11H13ClN2O4. The van der Waals surface area contributed by atoms with Crippen LogP contribution in [0.1, 0.15) is 10.6 Å². The van der Waals surface area contributed by atoms with Gasteiger partial charge in [-0.25, -0.2) is 0 Å². The molecule has 1 fully saturated rings.